The Morgan fingerprint density at radius 3 is 1.81 bits per heavy atom. The van der Waals surface area contributed by atoms with Crippen LogP contribution in [0.5, 0.6) is 0 Å². The van der Waals surface area contributed by atoms with E-state index in [0.29, 0.717) is 6.54 Å². The van der Waals surface area contributed by atoms with Crippen LogP contribution in [0.15, 0.2) is 0 Å². The van der Waals surface area contributed by atoms with Crippen LogP contribution in [0, 0.1) is 5.41 Å². The van der Waals surface area contributed by atoms with Crippen LogP contribution in [0.4, 0.5) is 0 Å². The highest BCUT2D eigenvalue weighted by atomic mass is 32.2. The van der Waals surface area contributed by atoms with Gasteiger partial charge in [-0.2, -0.15) is 4.31 Å². The second kappa shape index (κ2) is 5.02. The predicted octanol–water partition coefficient (Wildman–Crippen LogP) is 1.46. The van der Waals surface area contributed by atoms with Gasteiger partial charge in [0, 0.05) is 13.1 Å². The van der Waals surface area contributed by atoms with Crippen molar-refractivity contribution in [2.24, 2.45) is 5.41 Å². The zero-order chi connectivity index (χ0) is 13.2. The van der Waals surface area contributed by atoms with Crippen LogP contribution in [-0.2, 0) is 10.0 Å². The van der Waals surface area contributed by atoms with Crippen molar-refractivity contribution in [3.63, 3.8) is 0 Å². The summed E-state index contributed by atoms with van der Waals surface area (Å²) in [5.74, 6) is 0.101. The average Bonchev–Trinajstić information content (AvgIpc) is 1.93. The second-order valence-corrected chi connectivity index (χ2v) is 8.02. The standard InChI is InChI=1S/C11H25NO3S/c1-7-12(8-11(5,6)13)16(14,15)9-10(2,3)4/h13H,7-9H2,1-6H3. The lowest BCUT2D eigenvalue weighted by Crippen LogP contribution is -2.44. The molecule has 0 aliphatic heterocycles. The van der Waals surface area contributed by atoms with Crippen molar-refractivity contribution in [3.05, 3.63) is 0 Å². The summed E-state index contributed by atoms with van der Waals surface area (Å²) >= 11 is 0. The van der Waals surface area contributed by atoms with E-state index >= 15 is 0 Å². The van der Waals surface area contributed by atoms with E-state index in [1.165, 1.54) is 4.31 Å². The third-order valence-electron chi connectivity index (χ3n) is 1.92. The van der Waals surface area contributed by atoms with Gasteiger partial charge in [0.1, 0.15) is 0 Å². The van der Waals surface area contributed by atoms with E-state index in [0.717, 1.165) is 0 Å². The van der Waals surface area contributed by atoms with Crippen LogP contribution >= 0.6 is 0 Å². The molecule has 0 atom stereocenters. The van der Waals surface area contributed by atoms with Crippen LogP contribution in [0.1, 0.15) is 41.5 Å². The maximum absolute atomic E-state index is 12.1. The van der Waals surface area contributed by atoms with Crippen molar-refractivity contribution in [1.29, 1.82) is 0 Å². The molecule has 0 fully saturated rings. The first-order valence-corrected chi connectivity index (χ1v) is 7.18. The molecule has 0 aliphatic rings. The number of hydrogen-bond donors (Lipinski definition) is 1. The second-order valence-electron chi connectivity index (χ2n) is 6.06. The minimum Gasteiger partial charge on any atom is -0.389 e. The van der Waals surface area contributed by atoms with Crippen LogP contribution in [0.25, 0.3) is 0 Å². The minimum atomic E-state index is -3.29. The molecule has 1 N–H and O–H groups in total. The monoisotopic (exact) mass is 251 g/mol. The van der Waals surface area contributed by atoms with Crippen molar-refractivity contribution in [2.75, 3.05) is 18.8 Å². The Kier molecular flexibility index (Phi) is 4.98. The van der Waals surface area contributed by atoms with Crippen LogP contribution in [-0.4, -0.2) is 42.3 Å². The Morgan fingerprint density at radius 1 is 1.12 bits per heavy atom. The van der Waals surface area contributed by atoms with Crippen molar-refractivity contribution in [1.82, 2.24) is 4.31 Å². The van der Waals surface area contributed by atoms with Gasteiger partial charge in [-0.3, -0.25) is 0 Å². The molecule has 0 unspecified atom stereocenters. The quantitative estimate of drug-likeness (QED) is 0.804. The van der Waals surface area contributed by atoms with E-state index in [2.05, 4.69) is 0 Å². The molecular weight excluding hydrogens is 226 g/mol. The summed E-state index contributed by atoms with van der Waals surface area (Å²) < 4.78 is 25.5. The molecule has 0 aromatic rings. The Hall–Kier alpha value is -0.130. The first-order chi connectivity index (χ1) is 6.87. The molecule has 0 aromatic heterocycles. The molecule has 0 heterocycles. The molecule has 4 nitrogen and oxygen atoms in total. The zero-order valence-corrected chi connectivity index (χ0v) is 12.1. The highest BCUT2D eigenvalue weighted by Crippen LogP contribution is 2.20. The summed E-state index contributed by atoms with van der Waals surface area (Å²) in [6, 6.07) is 0. The lowest BCUT2D eigenvalue weighted by Gasteiger charge is -2.30. The molecule has 0 amide bonds. The molecule has 5 heteroatoms. The molecule has 0 aromatic carbocycles. The fraction of sp³-hybridized carbons (Fsp3) is 1.00. The van der Waals surface area contributed by atoms with Gasteiger partial charge >= 0.3 is 0 Å². The molecule has 0 spiro atoms. The Labute approximate surface area is 99.7 Å². The fourth-order valence-electron chi connectivity index (χ4n) is 1.48. The minimum absolute atomic E-state index is 0.101. The van der Waals surface area contributed by atoms with Gasteiger partial charge in [0.25, 0.3) is 0 Å². The summed E-state index contributed by atoms with van der Waals surface area (Å²) in [6.45, 7) is 11.2. The van der Waals surface area contributed by atoms with E-state index in [4.69, 9.17) is 0 Å². The van der Waals surface area contributed by atoms with E-state index in [9.17, 15) is 13.5 Å². The number of sulfonamides is 1. The van der Waals surface area contributed by atoms with Gasteiger partial charge in [-0.25, -0.2) is 8.42 Å². The van der Waals surface area contributed by atoms with Crippen LogP contribution in [0.2, 0.25) is 0 Å². The molecule has 0 bridgehead atoms. The SMILES string of the molecule is CCN(CC(C)(C)O)S(=O)(=O)CC(C)(C)C. The third kappa shape index (κ3) is 6.45. The van der Waals surface area contributed by atoms with Crippen molar-refractivity contribution < 1.29 is 13.5 Å². The summed E-state index contributed by atoms with van der Waals surface area (Å²) in [4.78, 5) is 0. The van der Waals surface area contributed by atoms with E-state index in [1.807, 2.05) is 20.8 Å². The van der Waals surface area contributed by atoms with Gasteiger partial charge in [0.05, 0.1) is 11.4 Å². The van der Waals surface area contributed by atoms with Gasteiger partial charge in [-0.05, 0) is 19.3 Å². The zero-order valence-electron chi connectivity index (χ0n) is 11.2. The van der Waals surface area contributed by atoms with E-state index < -0.39 is 15.6 Å². The molecular formula is C11H25NO3S. The largest absolute Gasteiger partial charge is 0.389 e. The van der Waals surface area contributed by atoms with E-state index in [1.54, 1.807) is 20.8 Å². The van der Waals surface area contributed by atoms with Crippen molar-refractivity contribution in [2.45, 2.75) is 47.1 Å². The van der Waals surface area contributed by atoms with Gasteiger partial charge in [0.2, 0.25) is 10.0 Å². The predicted molar refractivity (Wildman–Crippen MR) is 66.8 cm³/mol. The molecule has 0 aliphatic carbocycles. The van der Waals surface area contributed by atoms with Gasteiger partial charge < -0.3 is 5.11 Å². The number of rotatable bonds is 5. The summed E-state index contributed by atoms with van der Waals surface area (Å²) in [6.07, 6.45) is 0. The summed E-state index contributed by atoms with van der Waals surface area (Å²) in [5.41, 5.74) is -1.27. The molecule has 98 valence electrons. The molecule has 0 radical (unpaired) electrons. The number of aliphatic hydroxyl groups is 1. The normalized spacial score (nSPS) is 14.5. The number of hydrogen-bond acceptors (Lipinski definition) is 3. The maximum Gasteiger partial charge on any atom is 0.214 e. The first kappa shape index (κ1) is 15.9. The Morgan fingerprint density at radius 2 is 1.56 bits per heavy atom. The van der Waals surface area contributed by atoms with Crippen LogP contribution < -0.4 is 0 Å². The number of likely N-dealkylation sites (N-methyl/N-ethyl adjacent to an activating group) is 1. The van der Waals surface area contributed by atoms with Crippen LogP contribution in [0.3, 0.4) is 0 Å². The Bertz CT molecular complexity index is 309. The number of nitrogens with zero attached hydrogens (tertiary/aromatic N) is 1. The van der Waals surface area contributed by atoms with Gasteiger partial charge in [-0.15, -0.1) is 0 Å². The third-order valence-corrected chi connectivity index (χ3v) is 4.33. The highest BCUT2D eigenvalue weighted by molar-refractivity contribution is 7.89. The smallest absolute Gasteiger partial charge is 0.214 e. The lowest BCUT2D eigenvalue weighted by atomic mass is 10.0. The maximum atomic E-state index is 12.1. The Balaban J connectivity index is 4.83. The van der Waals surface area contributed by atoms with E-state index in [-0.39, 0.29) is 17.7 Å². The lowest BCUT2D eigenvalue weighted by molar-refractivity contribution is 0.0599. The summed E-state index contributed by atoms with van der Waals surface area (Å²) in [7, 11) is -3.29. The molecule has 0 saturated heterocycles. The van der Waals surface area contributed by atoms with Gasteiger partial charge in [0.15, 0.2) is 0 Å². The molecule has 0 saturated carbocycles. The molecule has 16 heavy (non-hydrogen) atoms. The first-order valence-electron chi connectivity index (χ1n) is 5.57. The highest BCUT2D eigenvalue weighted by Gasteiger charge is 2.30. The summed E-state index contributed by atoms with van der Waals surface area (Å²) in [5, 5.41) is 9.67. The fourth-order valence-corrected chi connectivity index (χ4v) is 3.66. The average molecular weight is 251 g/mol. The van der Waals surface area contributed by atoms with Gasteiger partial charge in [-0.1, -0.05) is 27.7 Å². The van der Waals surface area contributed by atoms with Crippen molar-refractivity contribution >= 4 is 10.0 Å². The topological polar surface area (TPSA) is 57.6 Å². The molecule has 0 rings (SSSR count). The van der Waals surface area contributed by atoms with Crippen molar-refractivity contribution in [3.8, 4) is 0 Å².